The molecule has 4 rings (SSSR count). The molecule has 160 valence electrons. The number of carbonyl (C=O) groups is 1. The molecule has 5 nitrogen and oxygen atoms in total. The lowest BCUT2D eigenvalue weighted by Gasteiger charge is -2.37. The molecule has 2 fully saturated rings. The van der Waals surface area contributed by atoms with Crippen LogP contribution >= 0.6 is 0 Å². The van der Waals surface area contributed by atoms with Gasteiger partial charge in [0.2, 0.25) is 5.91 Å². The van der Waals surface area contributed by atoms with E-state index < -0.39 is 0 Å². The molecule has 0 radical (unpaired) electrons. The lowest BCUT2D eigenvalue weighted by molar-refractivity contribution is -0.137. The molecule has 1 aromatic carbocycles. The molecule has 0 saturated carbocycles. The first kappa shape index (κ1) is 21.0. The van der Waals surface area contributed by atoms with Crippen LogP contribution in [0.25, 0.3) is 11.1 Å². The first-order chi connectivity index (χ1) is 14.6. The summed E-state index contributed by atoms with van der Waals surface area (Å²) in [5.41, 5.74) is 3.11. The van der Waals surface area contributed by atoms with Crippen molar-refractivity contribution in [1.29, 1.82) is 0 Å². The Bertz CT molecular complexity index is 808. The summed E-state index contributed by atoms with van der Waals surface area (Å²) in [4.78, 5) is 19.9. The Balaban J connectivity index is 1.42. The lowest BCUT2D eigenvalue weighted by Crippen LogP contribution is -2.48. The molecule has 0 aliphatic carbocycles. The topological polar surface area (TPSA) is 54.5 Å². The van der Waals surface area contributed by atoms with E-state index in [1.807, 2.05) is 12.3 Å². The van der Waals surface area contributed by atoms with Crippen molar-refractivity contribution in [3.8, 4) is 11.1 Å². The quantitative estimate of drug-likeness (QED) is 0.796. The van der Waals surface area contributed by atoms with E-state index in [1.165, 1.54) is 18.4 Å². The third-order valence-corrected chi connectivity index (χ3v) is 6.81. The number of likely N-dealkylation sites (tertiary alicyclic amines) is 1. The maximum atomic E-state index is 13.3. The van der Waals surface area contributed by atoms with Gasteiger partial charge < -0.3 is 15.0 Å². The molecule has 30 heavy (non-hydrogen) atoms. The fourth-order valence-corrected chi connectivity index (χ4v) is 4.68. The van der Waals surface area contributed by atoms with Gasteiger partial charge in [0, 0.05) is 32.2 Å². The lowest BCUT2D eigenvalue weighted by atomic mass is 9.74. The van der Waals surface area contributed by atoms with Crippen LogP contribution in [-0.2, 0) is 16.0 Å². The number of ether oxygens (including phenoxy) is 1. The molecule has 2 saturated heterocycles. The van der Waals surface area contributed by atoms with Crippen LogP contribution in [0, 0.1) is 11.3 Å². The zero-order chi connectivity index (χ0) is 20.8. The highest BCUT2D eigenvalue weighted by atomic mass is 16.5. The number of pyridine rings is 1. The van der Waals surface area contributed by atoms with Crippen LogP contribution < -0.4 is 5.32 Å². The molecule has 2 aliphatic heterocycles. The fraction of sp³-hybridized carbons (Fsp3) is 0.520. The monoisotopic (exact) mass is 407 g/mol. The minimum atomic E-state index is -0.362. The van der Waals surface area contributed by atoms with Gasteiger partial charge in [-0.15, -0.1) is 0 Å². The molecule has 3 heterocycles. The number of amides is 1. The molecule has 0 bridgehead atoms. The molecule has 2 aromatic rings. The number of nitrogens with one attached hydrogen (secondary N) is 1. The predicted octanol–water partition coefficient (Wildman–Crippen LogP) is 3.55. The second-order valence-corrected chi connectivity index (χ2v) is 8.96. The number of nitrogens with zero attached hydrogens (tertiary/aromatic N) is 2. The Hall–Kier alpha value is -2.24. The summed E-state index contributed by atoms with van der Waals surface area (Å²) in [5.74, 6) is 0.807. The third-order valence-electron chi connectivity index (χ3n) is 6.81. The van der Waals surface area contributed by atoms with Gasteiger partial charge in [-0.3, -0.25) is 9.78 Å². The first-order valence-electron chi connectivity index (χ1n) is 11.2. The standard InChI is InChI=1S/C25H33N3O2/c1-28-13-8-21(9-14-28)18-27-24(29)25(10-15-30-16-11-25)17-20-4-6-22(7-5-20)23-3-2-12-26-19-23/h2-7,12,19,21H,8-11,13-18H2,1H3,(H,27,29). The van der Waals surface area contributed by atoms with E-state index in [9.17, 15) is 4.79 Å². The van der Waals surface area contributed by atoms with Crippen LogP contribution in [0.5, 0.6) is 0 Å². The van der Waals surface area contributed by atoms with Crippen molar-refractivity contribution in [3.63, 3.8) is 0 Å². The summed E-state index contributed by atoms with van der Waals surface area (Å²) >= 11 is 0. The Morgan fingerprint density at radius 1 is 1.13 bits per heavy atom. The highest BCUT2D eigenvalue weighted by Gasteiger charge is 2.40. The highest BCUT2D eigenvalue weighted by molar-refractivity contribution is 5.83. The van der Waals surface area contributed by atoms with E-state index in [-0.39, 0.29) is 11.3 Å². The molecular formula is C25H33N3O2. The van der Waals surface area contributed by atoms with Crippen LogP contribution in [0.1, 0.15) is 31.2 Å². The van der Waals surface area contributed by atoms with Crippen LogP contribution in [-0.4, -0.2) is 55.7 Å². The maximum absolute atomic E-state index is 13.3. The van der Waals surface area contributed by atoms with Gasteiger partial charge >= 0.3 is 0 Å². The molecule has 1 N–H and O–H groups in total. The Morgan fingerprint density at radius 3 is 2.53 bits per heavy atom. The molecule has 1 amide bonds. The Morgan fingerprint density at radius 2 is 1.87 bits per heavy atom. The number of benzene rings is 1. The smallest absolute Gasteiger partial charge is 0.226 e. The number of rotatable bonds is 6. The Labute approximate surface area is 179 Å². The maximum Gasteiger partial charge on any atom is 0.226 e. The van der Waals surface area contributed by atoms with E-state index in [4.69, 9.17) is 4.74 Å². The predicted molar refractivity (Wildman–Crippen MR) is 119 cm³/mol. The zero-order valence-electron chi connectivity index (χ0n) is 18.0. The minimum Gasteiger partial charge on any atom is -0.381 e. The third kappa shape index (κ3) is 5.08. The second kappa shape index (κ2) is 9.71. The zero-order valence-corrected chi connectivity index (χ0v) is 18.0. The molecule has 0 spiro atoms. The summed E-state index contributed by atoms with van der Waals surface area (Å²) < 4.78 is 5.60. The number of hydrogen-bond acceptors (Lipinski definition) is 4. The SMILES string of the molecule is CN1CCC(CNC(=O)C2(Cc3ccc(-c4cccnc4)cc3)CCOCC2)CC1. The van der Waals surface area contributed by atoms with Crippen molar-refractivity contribution < 1.29 is 9.53 Å². The van der Waals surface area contributed by atoms with Crippen molar-refractivity contribution in [1.82, 2.24) is 15.2 Å². The highest BCUT2D eigenvalue weighted by Crippen LogP contribution is 2.35. The summed E-state index contributed by atoms with van der Waals surface area (Å²) in [6, 6.07) is 12.6. The van der Waals surface area contributed by atoms with Gasteiger partial charge in [0.1, 0.15) is 0 Å². The summed E-state index contributed by atoms with van der Waals surface area (Å²) in [5, 5.41) is 3.31. The van der Waals surface area contributed by atoms with Crippen molar-refractivity contribution in [2.45, 2.75) is 32.1 Å². The molecule has 2 aliphatic rings. The average molecular weight is 408 g/mol. The van der Waals surface area contributed by atoms with Crippen LogP contribution in [0.2, 0.25) is 0 Å². The van der Waals surface area contributed by atoms with Gasteiger partial charge in [-0.25, -0.2) is 0 Å². The number of aromatic nitrogens is 1. The Kier molecular flexibility index (Phi) is 6.80. The van der Waals surface area contributed by atoms with Gasteiger partial charge in [0.25, 0.3) is 0 Å². The van der Waals surface area contributed by atoms with E-state index in [2.05, 4.69) is 52.6 Å². The molecule has 1 aromatic heterocycles. The largest absolute Gasteiger partial charge is 0.381 e. The number of piperidine rings is 1. The van der Waals surface area contributed by atoms with Gasteiger partial charge in [-0.2, -0.15) is 0 Å². The normalized spacial score (nSPS) is 20.0. The van der Waals surface area contributed by atoms with Crippen molar-refractivity contribution in [2.24, 2.45) is 11.3 Å². The van der Waals surface area contributed by atoms with Crippen LogP contribution in [0.4, 0.5) is 0 Å². The summed E-state index contributed by atoms with van der Waals surface area (Å²) in [6.07, 6.45) is 8.35. The van der Waals surface area contributed by atoms with Crippen molar-refractivity contribution in [3.05, 3.63) is 54.4 Å². The summed E-state index contributed by atoms with van der Waals surface area (Å²) in [7, 11) is 2.17. The first-order valence-corrected chi connectivity index (χ1v) is 11.2. The number of carbonyl (C=O) groups excluding carboxylic acids is 1. The number of hydrogen-bond donors (Lipinski definition) is 1. The average Bonchev–Trinajstić information content (AvgIpc) is 2.80. The van der Waals surface area contributed by atoms with Gasteiger partial charge in [0.05, 0.1) is 5.41 Å². The van der Waals surface area contributed by atoms with Crippen molar-refractivity contribution >= 4 is 5.91 Å². The fourth-order valence-electron chi connectivity index (χ4n) is 4.68. The van der Waals surface area contributed by atoms with E-state index in [0.717, 1.165) is 50.0 Å². The summed E-state index contributed by atoms with van der Waals surface area (Å²) in [6.45, 7) is 4.38. The van der Waals surface area contributed by atoms with E-state index in [0.29, 0.717) is 19.1 Å². The molecule has 0 atom stereocenters. The molecule has 5 heteroatoms. The second-order valence-electron chi connectivity index (χ2n) is 8.96. The molecule has 0 unspecified atom stereocenters. The van der Waals surface area contributed by atoms with E-state index in [1.54, 1.807) is 6.20 Å². The minimum absolute atomic E-state index is 0.209. The van der Waals surface area contributed by atoms with Crippen LogP contribution in [0.15, 0.2) is 48.8 Å². The van der Waals surface area contributed by atoms with Crippen molar-refractivity contribution in [2.75, 3.05) is 39.9 Å². The molecular weight excluding hydrogens is 374 g/mol. The van der Waals surface area contributed by atoms with Crippen LogP contribution in [0.3, 0.4) is 0 Å². The van der Waals surface area contributed by atoms with Gasteiger partial charge in [-0.1, -0.05) is 30.3 Å². The van der Waals surface area contributed by atoms with E-state index >= 15 is 0 Å². The van der Waals surface area contributed by atoms with Gasteiger partial charge in [-0.05, 0) is 80.9 Å². The van der Waals surface area contributed by atoms with Gasteiger partial charge in [0.15, 0.2) is 0 Å².